The van der Waals surface area contributed by atoms with Gasteiger partial charge in [0.1, 0.15) is 4.70 Å². The molecule has 45 heavy (non-hydrogen) atoms. The summed E-state index contributed by atoms with van der Waals surface area (Å²) in [5, 5.41) is 4.94. The normalized spacial score (nSPS) is 15.0. The molecule has 0 bridgehead atoms. The third kappa shape index (κ3) is 6.90. The van der Waals surface area contributed by atoms with Gasteiger partial charge in [-0.1, -0.05) is 72.9 Å². The number of benzene rings is 4. The molecule has 0 amide bonds. The molecule has 0 spiro atoms. The van der Waals surface area contributed by atoms with Crippen LogP contribution in [0.5, 0.6) is 5.75 Å². The second-order valence-electron chi connectivity index (χ2n) is 10.9. The van der Waals surface area contributed by atoms with Crippen LogP contribution in [0.3, 0.4) is 0 Å². The Labute approximate surface area is 266 Å². The van der Waals surface area contributed by atoms with E-state index in [0.29, 0.717) is 24.6 Å². The smallest absolute Gasteiger partial charge is 0.263 e. The van der Waals surface area contributed by atoms with E-state index in [0.717, 1.165) is 48.0 Å². The average molecular weight is 664 g/mol. The lowest BCUT2D eigenvalue weighted by Gasteiger charge is -2.20. The van der Waals surface area contributed by atoms with Crippen molar-refractivity contribution in [2.45, 2.75) is 32.7 Å². The summed E-state index contributed by atoms with van der Waals surface area (Å²) in [4.78, 5) is 1.93. The molecule has 0 aliphatic carbocycles. The van der Waals surface area contributed by atoms with Gasteiger partial charge in [-0.3, -0.25) is 0 Å². The predicted molar refractivity (Wildman–Crippen MR) is 176 cm³/mol. The molecule has 234 valence electrons. The van der Waals surface area contributed by atoms with Crippen molar-refractivity contribution in [3.8, 4) is 5.75 Å². The predicted octanol–water partition coefficient (Wildman–Crippen LogP) is 5.90. The number of ether oxygens (including phenoxy) is 1. The van der Waals surface area contributed by atoms with E-state index in [1.54, 1.807) is 11.3 Å². The zero-order chi connectivity index (χ0) is 31.8. The van der Waals surface area contributed by atoms with Crippen LogP contribution >= 0.6 is 11.3 Å². The van der Waals surface area contributed by atoms with Gasteiger partial charge in [0.05, 0.1) is 31.3 Å². The minimum Gasteiger partial charge on any atom is -0.748 e. The maximum atomic E-state index is 11.4. The Morgan fingerprint density at radius 1 is 0.867 bits per heavy atom. The van der Waals surface area contributed by atoms with E-state index in [1.807, 2.05) is 84.6 Å². The fourth-order valence-corrected chi connectivity index (χ4v) is 7.91. The molecule has 0 unspecified atom stereocenters. The third-order valence-corrected chi connectivity index (χ3v) is 10.5. The molecule has 0 radical (unpaired) electrons. The van der Waals surface area contributed by atoms with Crippen LogP contribution in [0.1, 0.15) is 31.2 Å². The molecule has 1 aromatic heterocycles. The van der Waals surface area contributed by atoms with Crippen molar-refractivity contribution < 1.29 is 35.2 Å². The van der Waals surface area contributed by atoms with E-state index in [9.17, 15) is 25.9 Å². The molecule has 5 aromatic rings. The SMILES string of the molecule is CCC(/C=C1\Oc2ccc3ccccc3c2N1CCCS(=O)(=O)[O-])=C\c1sc2ccc3ccccc3c2[n+]1CCCS(=O)(=O)[O-]. The monoisotopic (exact) mass is 663 g/mol. The van der Waals surface area contributed by atoms with Gasteiger partial charge in [-0.25, -0.2) is 16.8 Å². The van der Waals surface area contributed by atoms with Crippen LogP contribution in [0.4, 0.5) is 5.69 Å². The van der Waals surface area contributed by atoms with Crippen LogP contribution in [0.15, 0.2) is 90.3 Å². The Morgan fingerprint density at radius 2 is 1.51 bits per heavy atom. The third-order valence-electron chi connectivity index (χ3n) is 7.81. The quantitative estimate of drug-likeness (QED) is 0.126. The lowest BCUT2D eigenvalue weighted by Crippen LogP contribution is -2.36. The van der Waals surface area contributed by atoms with Crippen LogP contribution in [-0.2, 0) is 26.8 Å². The summed E-state index contributed by atoms with van der Waals surface area (Å²) in [7, 11) is -8.74. The Morgan fingerprint density at radius 3 is 2.22 bits per heavy atom. The summed E-state index contributed by atoms with van der Waals surface area (Å²) in [5.41, 5.74) is 2.72. The van der Waals surface area contributed by atoms with Gasteiger partial charge < -0.3 is 18.7 Å². The maximum Gasteiger partial charge on any atom is 0.263 e. The number of hydrogen-bond donors (Lipinski definition) is 0. The Hall–Kier alpha value is -3.81. The number of aromatic nitrogens is 1. The van der Waals surface area contributed by atoms with Gasteiger partial charge in [0, 0.05) is 42.0 Å². The Balaban J connectivity index is 1.44. The molecule has 1 aliphatic heterocycles. The van der Waals surface area contributed by atoms with E-state index in [-0.39, 0.29) is 19.4 Å². The first-order valence-electron chi connectivity index (χ1n) is 14.6. The summed E-state index contributed by atoms with van der Waals surface area (Å²) < 4.78 is 77.9. The first-order valence-corrected chi connectivity index (χ1v) is 18.6. The lowest BCUT2D eigenvalue weighted by atomic mass is 10.1. The Bertz CT molecular complexity index is 2200. The van der Waals surface area contributed by atoms with Crippen molar-refractivity contribution in [1.29, 1.82) is 0 Å². The molecule has 4 aromatic carbocycles. The molecule has 12 heteroatoms. The molecule has 1 aliphatic rings. The molecule has 0 fully saturated rings. The molecule has 6 rings (SSSR count). The topological polar surface area (TPSA) is 131 Å². The largest absolute Gasteiger partial charge is 0.748 e. The summed E-state index contributed by atoms with van der Waals surface area (Å²) in [6, 6.07) is 23.8. The zero-order valence-electron chi connectivity index (χ0n) is 24.5. The number of rotatable bonds is 11. The number of thiazole rings is 1. The van der Waals surface area contributed by atoms with Gasteiger partial charge in [-0.05, 0) is 47.4 Å². The molecule has 2 heterocycles. The fourth-order valence-electron chi connectivity index (χ4n) is 5.77. The second-order valence-corrected chi connectivity index (χ2v) is 15.0. The number of hydrogen-bond acceptors (Lipinski definition) is 9. The number of fused-ring (bicyclic) bond motifs is 6. The number of nitrogens with zero attached hydrogens (tertiary/aromatic N) is 2. The lowest BCUT2D eigenvalue weighted by molar-refractivity contribution is -0.667. The van der Waals surface area contributed by atoms with Crippen molar-refractivity contribution in [3.05, 3.63) is 95.3 Å². The molecule has 0 saturated heterocycles. The van der Waals surface area contributed by atoms with Gasteiger partial charge in [0.25, 0.3) is 5.01 Å². The van der Waals surface area contributed by atoms with Crippen LogP contribution < -0.4 is 14.2 Å². The summed E-state index contributed by atoms with van der Waals surface area (Å²) in [5.74, 6) is 0.225. The standard InChI is InChI=1S/C33H32N2O7S3/c1-2-23(21-30-34(17-7-19-44(36,37)38)32-26-11-5-3-9-24(26)13-15-28(32)42-30)22-31-35(18-8-20-45(39,40)41)33-27-12-6-4-10-25(27)14-16-29(33)43-31/h3-6,9-16,21-22H,2,7-8,17-20H2,1H3,(H-,36,37,38,39,40,41)/p-1. The highest BCUT2D eigenvalue weighted by Gasteiger charge is 2.29. The van der Waals surface area contributed by atoms with Gasteiger partial charge in [0.15, 0.2) is 12.3 Å². The van der Waals surface area contributed by atoms with Crippen molar-refractivity contribution in [3.63, 3.8) is 0 Å². The number of anilines is 1. The van der Waals surface area contributed by atoms with E-state index in [2.05, 4.69) is 16.7 Å². The van der Waals surface area contributed by atoms with Crippen molar-refractivity contribution in [2.24, 2.45) is 0 Å². The van der Waals surface area contributed by atoms with Crippen molar-refractivity contribution in [2.75, 3.05) is 23.0 Å². The average Bonchev–Trinajstić information content (AvgIpc) is 3.53. The van der Waals surface area contributed by atoms with Crippen molar-refractivity contribution >= 4 is 75.1 Å². The maximum absolute atomic E-state index is 11.4. The number of aryl methyl sites for hydroxylation is 1. The fraction of sp³-hybridized carbons (Fsp3) is 0.242. The van der Waals surface area contributed by atoms with Crippen molar-refractivity contribution in [1.82, 2.24) is 0 Å². The van der Waals surface area contributed by atoms with E-state index in [1.165, 1.54) is 0 Å². The van der Waals surface area contributed by atoms with E-state index in [4.69, 9.17) is 4.74 Å². The molecular weight excluding hydrogens is 633 g/mol. The van der Waals surface area contributed by atoms with Crippen LogP contribution in [0.25, 0.3) is 37.8 Å². The molecule has 0 saturated carbocycles. The highest BCUT2D eigenvalue weighted by Crippen LogP contribution is 2.44. The minimum absolute atomic E-state index is 0.131. The Kier molecular flexibility index (Phi) is 8.68. The minimum atomic E-state index is -4.38. The molecule has 9 nitrogen and oxygen atoms in total. The molecule has 0 N–H and O–H groups in total. The number of allylic oxidation sites excluding steroid dienone is 2. The van der Waals surface area contributed by atoms with E-state index < -0.39 is 31.7 Å². The highest BCUT2D eigenvalue weighted by molar-refractivity contribution is 7.85. The van der Waals surface area contributed by atoms with Crippen LogP contribution in [0, 0.1) is 0 Å². The molecule has 0 atom stereocenters. The van der Waals surface area contributed by atoms with Gasteiger partial charge in [-0.2, -0.15) is 4.57 Å². The van der Waals surface area contributed by atoms with Gasteiger partial charge in [0.2, 0.25) is 11.4 Å². The summed E-state index contributed by atoms with van der Waals surface area (Å²) >= 11 is 1.58. The van der Waals surface area contributed by atoms with Gasteiger partial charge in [-0.15, -0.1) is 0 Å². The molecular formula is C33H31N2O7S3-. The first-order chi connectivity index (χ1) is 21.5. The highest BCUT2D eigenvalue weighted by atomic mass is 32.2. The van der Waals surface area contributed by atoms with Gasteiger partial charge >= 0.3 is 0 Å². The van der Waals surface area contributed by atoms with E-state index >= 15 is 0 Å². The second kappa shape index (κ2) is 12.5. The zero-order valence-corrected chi connectivity index (χ0v) is 27.0. The van der Waals surface area contributed by atoms with Crippen LogP contribution in [-0.4, -0.2) is 44.0 Å². The summed E-state index contributed by atoms with van der Waals surface area (Å²) in [6.45, 7) is 2.63. The summed E-state index contributed by atoms with van der Waals surface area (Å²) in [6.07, 6.45) is 4.91. The van der Waals surface area contributed by atoms with Crippen LogP contribution in [0.2, 0.25) is 0 Å². The first kappa shape index (κ1) is 31.2.